The van der Waals surface area contributed by atoms with Crippen molar-refractivity contribution < 1.29 is 31.5 Å². The fourth-order valence-corrected chi connectivity index (χ4v) is 4.19. The van der Waals surface area contributed by atoms with Crippen molar-refractivity contribution in [2.45, 2.75) is 12.8 Å². The molecule has 0 atom stereocenters. The molecule has 0 N–H and O–H groups in total. The van der Waals surface area contributed by atoms with E-state index in [-0.39, 0.29) is 28.5 Å². The van der Waals surface area contributed by atoms with E-state index in [4.69, 9.17) is 4.74 Å². The highest BCUT2D eigenvalue weighted by Crippen LogP contribution is 2.35. The Bertz CT molecular complexity index is 1070. The maximum absolute atomic E-state index is 13.7. The number of halogens is 2. The van der Waals surface area contributed by atoms with E-state index >= 15 is 0 Å². The lowest BCUT2D eigenvalue weighted by Crippen LogP contribution is -2.27. The van der Waals surface area contributed by atoms with Crippen molar-refractivity contribution in [3.05, 3.63) is 53.6 Å². The lowest BCUT2D eigenvalue weighted by Gasteiger charge is -2.25. The van der Waals surface area contributed by atoms with Crippen molar-refractivity contribution in [2.75, 3.05) is 29.1 Å². The van der Waals surface area contributed by atoms with Gasteiger partial charge in [-0.3, -0.25) is 4.79 Å². The third-order valence-electron chi connectivity index (χ3n) is 4.36. The summed E-state index contributed by atoms with van der Waals surface area (Å²) in [5, 5.41) is 0. The molecule has 1 heterocycles. The summed E-state index contributed by atoms with van der Waals surface area (Å²) < 4.78 is 57.9. The highest BCUT2D eigenvalue weighted by molar-refractivity contribution is 7.92. The van der Waals surface area contributed by atoms with Crippen molar-refractivity contribution in [3.63, 3.8) is 0 Å². The molecule has 1 saturated heterocycles. The van der Waals surface area contributed by atoms with Crippen LogP contribution in [0.3, 0.4) is 0 Å². The summed E-state index contributed by atoms with van der Waals surface area (Å²) in [4.78, 5) is 25.7. The molecule has 2 aromatic carbocycles. The summed E-state index contributed by atoms with van der Waals surface area (Å²) in [7, 11) is -2.90. The molecule has 0 unspecified atom stereocenters. The number of carbonyl (C=O) groups is 2. The topological polar surface area (TPSA) is 84.0 Å². The van der Waals surface area contributed by atoms with Gasteiger partial charge in [0.2, 0.25) is 15.9 Å². The zero-order valence-electron chi connectivity index (χ0n) is 15.7. The van der Waals surface area contributed by atoms with Crippen molar-refractivity contribution >= 4 is 39.0 Å². The summed E-state index contributed by atoms with van der Waals surface area (Å²) in [5.41, 5.74) is -0.0676. The van der Waals surface area contributed by atoms with E-state index in [2.05, 4.69) is 0 Å². The second-order valence-electron chi connectivity index (χ2n) is 6.53. The second-order valence-corrected chi connectivity index (χ2v) is 8.36. The Hall–Kier alpha value is -3.01. The minimum Gasteiger partial charge on any atom is -0.465 e. The molecule has 1 amide bonds. The molecular formula is C19H18F2N2O5S. The number of rotatable bonds is 5. The fourth-order valence-electron chi connectivity index (χ4n) is 3.21. The summed E-state index contributed by atoms with van der Waals surface area (Å²) in [5.74, 6) is -2.86. The van der Waals surface area contributed by atoms with Crippen LogP contribution in [0.15, 0.2) is 36.4 Å². The van der Waals surface area contributed by atoms with Crippen molar-refractivity contribution in [1.29, 1.82) is 0 Å². The van der Waals surface area contributed by atoms with Crippen LogP contribution in [0.5, 0.6) is 0 Å². The van der Waals surface area contributed by atoms with E-state index in [1.165, 1.54) is 23.1 Å². The number of carbonyl (C=O) groups excluding carboxylic acids is 2. The molecule has 29 heavy (non-hydrogen) atoms. The van der Waals surface area contributed by atoms with Crippen LogP contribution in [0.25, 0.3) is 0 Å². The van der Waals surface area contributed by atoms with Crippen LogP contribution < -0.4 is 9.21 Å². The standard InChI is InChI=1S/C19H18F2N2O5S/c1-28-19(25)12-6-15(22-5-3-4-18(22)24)11-16(7-12)23(29(2,26)27)17-9-13(20)8-14(21)10-17/h6-11H,3-5H2,1-2H3. The number of hydrogen-bond donors (Lipinski definition) is 0. The average Bonchev–Trinajstić information content (AvgIpc) is 3.05. The molecule has 7 nitrogen and oxygen atoms in total. The van der Waals surface area contributed by atoms with Gasteiger partial charge < -0.3 is 9.64 Å². The molecule has 0 aromatic heterocycles. The zero-order chi connectivity index (χ0) is 21.3. The van der Waals surface area contributed by atoms with Gasteiger partial charge in [-0.05, 0) is 36.8 Å². The summed E-state index contributed by atoms with van der Waals surface area (Å²) >= 11 is 0. The number of esters is 1. The predicted molar refractivity (Wildman–Crippen MR) is 103 cm³/mol. The number of amides is 1. The van der Waals surface area contributed by atoms with E-state index in [9.17, 15) is 26.8 Å². The van der Waals surface area contributed by atoms with Gasteiger partial charge in [-0.2, -0.15) is 0 Å². The average molecular weight is 424 g/mol. The maximum atomic E-state index is 13.7. The third kappa shape index (κ3) is 4.37. The van der Waals surface area contributed by atoms with E-state index < -0.39 is 27.6 Å². The number of methoxy groups -OCH3 is 1. The van der Waals surface area contributed by atoms with Crippen LogP contribution in [0, 0.1) is 11.6 Å². The molecule has 154 valence electrons. The Balaban J connectivity index is 2.24. The number of ether oxygens (including phenoxy) is 1. The zero-order valence-corrected chi connectivity index (χ0v) is 16.5. The van der Waals surface area contributed by atoms with Crippen LogP contribution in [0.1, 0.15) is 23.2 Å². The maximum Gasteiger partial charge on any atom is 0.337 e. The Morgan fingerprint density at radius 2 is 1.69 bits per heavy atom. The first kappa shape index (κ1) is 20.7. The van der Waals surface area contributed by atoms with Gasteiger partial charge in [0.25, 0.3) is 0 Å². The summed E-state index contributed by atoms with van der Waals surface area (Å²) in [6, 6.07) is 6.33. The summed E-state index contributed by atoms with van der Waals surface area (Å²) in [6.45, 7) is 0.399. The lowest BCUT2D eigenvalue weighted by molar-refractivity contribution is -0.117. The molecule has 2 aromatic rings. The van der Waals surface area contributed by atoms with Crippen LogP contribution in [-0.4, -0.2) is 40.2 Å². The van der Waals surface area contributed by atoms with E-state index in [0.29, 0.717) is 29.8 Å². The van der Waals surface area contributed by atoms with E-state index in [0.717, 1.165) is 25.5 Å². The minimum atomic E-state index is -4.06. The minimum absolute atomic E-state index is 0.00905. The lowest BCUT2D eigenvalue weighted by atomic mass is 10.1. The van der Waals surface area contributed by atoms with Gasteiger partial charge in [0.15, 0.2) is 0 Å². The first-order chi connectivity index (χ1) is 13.6. The van der Waals surface area contributed by atoms with E-state index in [1.807, 2.05) is 0 Å². The van der Waals surface area contributed by atoms with Crippen molar-refractivity contribution in [1.82, 2.24) is 0 Å². The SMILES string of the molecule is COC(=O)c1cc(N2CCCC2=O)cc(N(c2cc(F)cc(F)c2)S(C)(=O)=O)c1. The quantitative estimate of drug-likeness (QED) is 0.689. The molecule has 1 fully saturated rings. The molecule has 0 saturated carbocycles. The van der Waals surface area contributed by atoms with Crippen LogP contribution in [0.4, 0.5) is 25.8 Å². The Morgan fingerprint density at radius 1 is 1.07 bits per heavy atom. The Labute approximate surface area is 166 Å². The van der Waals surface area contributed by atoms with Gasteiger partial charge in [0.1, 0.15) is 11.6 Å². The van der Waals surface area contributed by atoms with Gasteiger partial charge in [-0.25, -0.2) is 26.3 Å². The monoisotopic (exact) mass is 424 g/mol. The molecular weight excluding hydrogens is 406 g/mol. The molecule has 0 bridgehead atoms. The van der Waals surface area contributed by atoms with Gasteiger partial charge >= 0.3 is 5.97 Å². The number of anilines is 3. The smallest absolute Gasteiger partial charge is 0.337 e. The van der Waals surface area contributed by atoms with Crippen LogP contribution >= 0.6 is 0 Å². The van der Waals surface area contributed by atoms with Gasteiger partial charge in [0.05, 0.1) is 30.3 Å². The van der Waals surface area contributed by atoms with E-state index in [1.54, 1.807) is 0 Å². The van der Waals surface area contributed by atoms with Crippen molar-refractivity contribution in [2.24, 2.45) is 0 Å². The largest absolute Gasteiger partial charge is 0.465 e. The van der Waals surface area contributed by atoms with Crippen LogP contribution in [-0.2, 0) is 19.6 Å². The summed E-state index contributed by atoms with van der Waals surface area (Å²) in [6.07, 6.45) is 1.80. The van der Waals surface area contributed by atoms with Crippen LogP contribution in [0.2, 0.25) is 0 Å². The Kier molecular flexibility index (Phi) is 5.56. The first-order valence-electron chi connectivity index (χ1n) is 8.60. The molecule has 0 spiro atoms. The highest BCUT2D eigenvalue weighted by atomic mass is 32.2. The number of nitrogens with zero attached hydrogens (tertiary/aromatic N) is 2. The number of sulfonamides is 1. The molecule has 0 aliphatic carbocycles. The fraction of sp³-hybridized carbons (Fsp3) is 0.263. The van der Waals surface area contributed by atoms with Gasteiger partial charge in [-0.15, -0.1) is 0 Å². The molecule has 1 aliphatic heterocycles. The van der Waals surface area contributed by atoms with Crippen molar-refractivity contribution in [3.8, 4) is 0 Å². The van der Waals surface area contributed by atoms with Gasteiger partial charge in [0, 0.05) is 24.7 Å². The Morgan fingerprint density at radius 3 is 2.21 bits per heavy atom. The first-order valence-corrected chi connectivity index (χ1v) is 10.4. The number of benzene rings is 2. The highest BCUT2D eigenvalue weighted by Gasteiger charge is 2.27. The molecule has 1 aliphatic rings. The predicted octanol–water partition coefficient (Wildman–Crippen LogP) is 2.98. The normalized spacial score (nSPS) is 14.2. The number of hydrogen-bond acceptors (Lipinski definition) is 5. The molecule has 3 rings (SSSR count). The molecule has 10 heteroatoms. The van der Waals surface area contributed by atoms with Gasteiger partial charge in [-0.1, -0.05) is 0 Å². The second kappa shape index (κ2) is 7.78. The third-order valence-corrected chi connectivity index (χ3v) is 5.44. The molecule has 0 radical (unpaired) electrons.